The molecule has 0 aliphatic carbocycles. The first-order chi connectivity index (χ1) is 23.1. The van der Waals surface area contributed by atoms with Crippen molar-refractivity contribution in [3.8, 4) is 5.88 Å². The number of halogens is 1. The normalized spacial score (nSPS) is 14.0. The average Bonchev–Trinajstić information content (AvgIpc) is 3.61. The molecule has 0 saturated heterocycles. The van der Waals surface area contributed by atoms with E-state index < -0.39 is 45.7 Å². The molecule has 0 radical (unpaired) electrons. The van der Waals surface area contributed by atoms with Gasteiger partial charge in [-0.3, -0.25) is 13.9 Å². The molecule has 0 unspecified atom stereocenters. The van der Waals surface area contributed by atoms with Crippen LogP contribution in [0.4, 0.5) is 5.69 Å². The van der Waals surface area contributed by atoms with Crippen LogP contribution in [0.1, 0.15) is 56.9 Å². The zero-order chi connectivity index (χ0) is 36.0. The van der Waals surface area contributed by atoms with Gasteiger partial charge in [-0.15, -0.1) is 11.3 Å². The van der Waals surface area contributed by atoms with Crippen molar-refractivity contribution in [1.82, 2.24) is 23.7 Å². The summed E-state index contributed by atoms with van der Waals surface area (Å²) >= 11 is 7.51. The van der Waals surface area contributed by atoms with E-state index in [0.717, 1.165) is 21.6 Å². The van der Waals surface area contributed by atoms with Gasteiger partial charge in [0, 0.05) is 18.5 Å². The number of carbonyl (C=O) groups is 1. The first-order valence-electron chi connectivity index (χ1n) is 16.1. The summed E-state index contributed by atoms with van der Waals surface area (Å²) in [4.78, 5) is 32.1. The Morgan fingerprint density at radius 1 is 1.12 bits per heavy atom. The third kappa shape index (κ3) is 9.31. The lowest BCUT2D eigenvalue weighted by atomic mass is 9.98. The molecule has 0 bridgehead atoms. The number of aliphatic hydroxyl groups excluding tert-OH is 1. The Balaban J connectivity index is 1.65. The third-order valence-corrected chi connectivity index (χ3v) is 11.3. The van der Waals surface area contributed by atoms with Gasteiger partial charge in [-0.25, -0.2) is 18.2 Å². The van der Waals surface area contributed by atoms with E-state index in [-0.39, 0.29) is 53.5 Å². The van der Waals surface area contributed by atoms with E-state index in [0.29, 0.717) is 5.69 Å². The largest absolute Gasteiger partial charge is 0.493 e. The molecule has 4 rings (SSSR count). The number of hydrogen-bond donors (Lipinski definition) is 4. The van der Waals surface area contributed by atoms with Crippen molar-refractivity contribution in [2.75, 3.05) is 18.8 Å². The quantitative estimate of drug-likeness (QED) is 0.124. The van der Waals surface area contributed by atoms with Crippen LogP contribution < -0.4 is 16.7 Å². The number of aromatic hydroxyl groups is 1. The summed E-state index contributed by atoms with van der Waals surface area (Å²) in [5, 5.41) is 28.3. The highest BCUT2D eigenvalue weighted by Crippen LogP contribution is 2.26. The van der Waals surface area contributed by atoms with Crippen LogP contribution in [0.25, 0.3) is 0 Å². The van der Waals surface area contributed by atoms with E-state index in [1.807, 2.05) is 56.5 Å². The molecule has 2 aromatic carbocycles. The number of hydrogen-bond acceptors (Lipinski definition) is 9. The Bertz CT molecular complexity index is 1890. The highest BCUT2D eigenvalue weighted by atomic mass is 35.5. The number of benzene rings is 2. The van der Waals surface area contributed by atoms with Gasteiger partial charge < -0.3 is 21.3 Å². The van der Waals surface area contributed by atoms with Crippen LogP contribution in [-0.2, 0) is 34.2 Å². The van der Waals surface area contributed by atoms with E-state index in [1.165, 1.54) is 44.6 Å². The lowest BCUT2D eigenvalue weighted by Crippen LogP contribution is -2.53. The molecule has 1 amide bonds. The fraction of sp³-hybridized carbons (Fsp3) is 0.441. The van der Waals surface area contributed by atoms with E-state index in [1.54, 1.807) is 13.8 Å². The van der Waals surface area contributed by atoms with Gasteiger partial charge in [-0.1, -0.05) is 76.6 Å². The number of aliphatic hydroxyl groups is 1. The monoisotopic (exact) mass is 732 g/mol. The zero-order valence-corrected chi connectivity index (χ0v) is 30.7. The number of carbonyl (C=O) groups excluding carboxylic acids is 1. The number of aryl methyl sites for hydroxylation is 1. The molecule has 12 nitrogen and oxygen atoms in total. The first-order valence-corrected chi connectivity index (χ1v) is 18.8. The number of nitrogens with one attached hydrogen (secondary N) is 1. The number of nitrogen functional groups attached to an aromatic ring is 1. The van der Waals surface area contributed by atoms with Crippen LogP contribution in [-0.4, -0.2) is 68.2 Å². The van der Waals surface area contributed by atoms with E-state index >= 15 is 0 Å². The molecular weight excluding hydrogens is 688 g/mol. The number of sulfonamides is 1. The van der Waals surface area contributed by atoms with Gasteiger partial charge in [0.25, 0.3) is 0 Å². The standard InChI is InChI=1S/C34H45ClN6O6S2/c1-6-30-37-24(20-48-30)17-40-31(43)19-41(34(40)45)32(22(4)5)33(44)38-28(14-23-10-8-7-9-11-23)29(42)18-39(16-21(2)3)49(46,47)25-12-13-26(35)27(36)15-25/h7-13,15,19-22,28-29,32,42-43H,6,14,16-18,36H2,1-5H3,(H,38,44)/t28-,29+,32-/m0/s1. The molecule has 0 aliphatic heterocycles. The molecule has 2 heterocycles. The topological polar surface area (TPSA) is 173 Å². The lowest BCUT2D eigenvalue weighted by molar-refractivity contribution is -0.127. The third-order valence-electron chi connectivity index (χ3n) is 8.06. The van der Waals surface area contributed by atoms with E-state index in [9.17, 15) is 28.2 Å². The fourth-order valence-corrected chi connectivity index (χ4v) is 8.11. The molecule has 4 aromatic rings. The molecule has 0 aliphatic rings. The molecule has 5 N–H and O–H groups in total. The highest BCUT2D eigenvalue weighted by molar-refractivity contribution is 7.89. The Morgan fingerprint density at radius 3 is 2.41 bits per heavy atom. The fourth-order valence-electron chi connectivity index (χ4n) is 5.60. The molecule has 2 aromatic heterocycles. The highest BCUT2D eigenvalue weighted by Gasteiger charge is 2.34. The SMILES string of the molecule is CCc1nc(Cn2c(O)cn([C@H](C(=O)N[C@@H](Cc3ccccc3)[C@H](O)CN(CC(C)C)S(=O)(=O)c3ccc(Cl)c(N)c3)C(C)C)c2=O)cs1. The van der Waals surface area contributed by atoms with Gasteiger partial charge in [-0.05, 0) is 48.4 Å². The van der Waals surface area contributed by atoms with Crippen molar-refractivity contribution in [2.45, 2.75) is 77.1 Å². The van der Waals surface area contributed by atoms with Gasteiger partial charge in [0.2, 0.25) is 21.8 Å². The predicted molar refractivity (Wildman–Crippen MR) is 192 cm³/mol. The number of amides is 1. The maximum Gasteiger partial charge on any atom is 0.332 e. The maximum atomic E-state index is 14.1. The lowest BCUT2D eigenvalue weighted by Gasteiger charge is -2.32. The second-order valence-electron chi connectivity index (χ2n) is 12.8. The molecule has 266 valence electrons. The van der Waals surface area contributed by atoms with Gasteiger partial charge in [0.1, 0.15) is 6.04 Å². The zero-order valence-electron chi connectivity index (χ0n) is 28.3. The van der Waals surface area contributed by atoms with Crippen LogP contribution in [0.3, 0.4) is 0 Å². The van der Waals surface area contributed by atoms with Crippen molar-refractivity contribution in [3.63, 3.8) is 0 Å². The van der Waals surface area contributed by atoms with Crippen molar-refractivity contribution >= 4 is 44.6 Å². The summed E-state index contributed by atoms with van der Waals surface area (Å²) in [6.45, 7) is 9.03. The number of thiazole rings is 1. The molecule has 0 fully saturated rings. The van der Waals surface area contributed by atoms with Gasteiger partial charge in [0.05, 0.1) is 51.2 Å². The summed E-state index contributed by atoms with van der Waals surface area (Å²) < 4.78 is 31.2. The number of nitrogens with two attached hydrogens (primary N) is 1. The second-order valence-corrected chi connectivity index (χ2v) is 16.1. The van der Waals surface area contributed by atoms with Crippen LogP contribution >= 0.6 is 22.9 Å². The molecule has 3 atom stereocenters. The number of imidazole rings is 1. The molecular formula is C34H45ClN6O6S2. The summed E-state index contributed by atoms with van der Waals surface area (Å²) in [7, 11) is -4.13. The minimum absolute atomic E-state index is 0.0371. The molecule has 15 heteroatoms. The van der Waals surface area contributed by atoms with Crippen molar-refractivity contribution < 1.29 is 23.4 Å². The van der Waals surface area contributed by atoms with Crippen molar-refractivity contribution in [3.05, 3.63) is 91.9 Å². The van der Waals surface area contributed by atoms with Crippen LogP contribution in [0.2, 0.25) is 5.02 Å². The van der Waals surface area contributed by atoms with Gasteiger partial charge in [-0.2, -0.15) is 4.31 Å². The number of nitrogens with zero attached hydrogens (tertiary/aromatic N) is 4. The van der Waals surface area contributed by atoms with Crippen LogP contribution in [0.15, 0.2) is 69.8 Å². The minimum atomic E-state index is -4.13. The predicted octanol–water partition coefficient (Wildman–Crippen LogP) is 4.29. The second kappa shape index (κ2) is 16.3. The van der Waals surface area contributed by atoms with Crippen LogP contribution in [0, 0.1) is 11.8 Å². The Hall–Kier alpha value is -3.69. The van der Waals surface area contributed by atoms with Crippen LogP contribution in [0.5, 0.6) is 5.88 Å². The molecule has 49 heavy (non-hydrogen) atoms. The Labute approximate surface area is 296 Å². The summed E-state index contributed by atoms with van der Waals surface area (Å²) in [5.41, 5.74) is 6.86. The minimum Gasteiger partial charge on any atom is -0.493 e. The summed E-state index contributed by atoms with van der Waals surface area (Å²) in [5.74, 6) is -1.38. The molecule has 0 saturated carbocycles. The van der Waals surface area contributed by atoms with Gasteiger partial charge >= 0.3 is 5.69 Å². The summed E-state index contributed by atoms with van der Waals surface area (Å²) in [6, 6.07) is 11.2. The maximum absolute atomic E-state index is 14.1. The van der Waals surface area contributed by atoms with E-state index in [2.05, 4.69) is 10.3 Å². The summed E-state index contributed by atoms with van der Waals surface area (Å²) in [6.07, 6.45) is 0.793. The van der Waals surface area contributed by atoms with Crippen molar-refractivity contribution in [2.24, 2.45) is 11.8 Å². The number of anilines is 1. The molecule has 0 spiro atoms. The van der Waals surface area contributed by atoms with E-state index in [4.69, 9.17) is 17.3 Å². The number of aromatic nitrogens is 3. The first kappa shape index (κ1) is 38.1. The van der Waals surface area contributed by atoms with Crippen molar-refractivity contribution in [1.29, 1.82) is 0 Å². The average molecular weight is 733 g/mol. The smallest absolute Gasteiger partial charge is 0.332 e. The Kier molecular flexibility index (Phi) is 12.7. The van der Waals surface area contributed by atoms with Gasteiger partial charge in [0.15, 0.2) is 0 Å². The number of rotatable bonds is 16. The Morgan fingerprint density at radius 2 is 1.82 bits per heavy atom.